The number of hydrogen-bond donors (Lipinski definition) is 0. The third kappa shape index (κ3) is 9.90. The third-order valence-electron chi connectivity index (χ3n) is 2.15. The lowest BCUT2D eigenvalue weighted by Crippen LogP contribution is -2.41. The molecule has 0 heterocycles. The fourth-order valence-corrected chi connectivity index (χ4v) is 1.67. The highest BCUT2D eigenvalue weighted by molar-refractivity contribution is 7.85. The van der Waals surface area contributed by atoms with Crippen molar-refractivity contribution in [2.24, 2.45) is 0 Å². The van der Waals surface area contributed by atoms with E-state index in [-0.39, 0.29) is 5.75 Å². The molecule has 0 aliphatic heterocycles. The zero-order valence-electron chi connectivity index (χ0n) is 9.99. The topological polar surface area (TPSA) is 57.2 Å². The van der Waals surface area contributed by atoms with Crippen LogP contribution in [0.1, 0.15) is 20.3 Å². The molecule has 0 aromatic rings. The zero-order chi connectivity index (χ0) is 12.1. The van der Waals surface area contributed by atoms with Gasteiger partial charge in [0.25, 0.3) is 0 Å². The standard InChI is InChI=1S/C10H21NO3S/c1-10(2)6-8-11(3,4)7-5-9-15(12,13)14/h6H,5,7-9H2,1-4H3. The highest BCUT2D eigenvalue weighted by atomic mass is 32.2. The van der Waals surface area contributed by atoms with Crippen molar-refractivity contribution in [2.75, 3.05) is 32.9 Å². The maximum atomic E-state index is 10.4. The summed E-state index contributed by atoms with van der Waals surface area (Å²) in [5.41, 5.74) is 1.25. The van der Waals surface area contributed by atoms with Crippen LogP contribution >= 0.6 is 0 Å². The van der Waals surface area contributed by atoms with E-state index in [9.17, 15) is 13.0 Å². The normalized spacial score (nSPS) is 12.6. The molecule has 0 saturated heterocycles. The fraction of sp³-hybridized carbons (Fsp3) is 0.800. The monoisotopic (exact) mass is 235 g/mol. The first kappa shape index (κ1) is 14.6. The van der Waals surface area contributed by atoms with E-state index in [1.54, 1.807) is 0 Å². The zero-order valence-corrected chi connectivity index (χ0v) is 10.8. The van der Waals surface area contributed by atoms with E-state index >= 15 is 0 Å². The predicted octanol–water partition coefficient (Wildman–Crippen LogP) is 0.964. The minimum Gasteiger partial charge on any atom is -0.748 e. The van der Waals surface area contributed by atoms with Crippen molar-refractivity contribution in [3.63, 3.8) is 0 Å². The van der Waals surface area contributed by atoms with Crippen LogP contribution in [0, 0.1) is 0 Å². The molecule has 0 aromatic carbocycles. The van der Waals surface area contributed by atoms with Crippen molar-refractivity contribution in [2.45, 2.75) is 20.3 Å². The number of rotatable bonds is 6. The first-order valence-corrected chi connectivity index (χ1v) is 6.59. The van der Waals surface area contributed by atoms with E-state index in [0.717, 1.165) is 6.54 Å². The summed E-state index contributed by atoms with van der Waals surface area (Å²) in [7, 11) is -0.00391. The van der Waals surface area contributed by atoms with Crippen LogP contribution in [0.25, 0.3) is 0 Å². The van der Waals surface area contributed by atoms with Gasteiger partial charge in [-0.3, -0.25) is 0 Å². The van der Waals surface area contributed by atoms with Crippen molar-refractivity contribution >= 4 is 10.1 Å². The van der Waals surface area contributed by atoms with Crippen LogP contribution in [-0.4, -0.2) is 50.4 Å². The molecule has 0 N–H and O–H groups in total. The molecule has 0 amide bonds. The minimum absolute atomic E-state index is 0.260. The Morgan fingerprint density at radius 1 is 1.33 bits per heavy atom. The first-order chi connectivity index (χ1) is 6.62. The molecule has 0 aliphatic carbocycles. The molecule has 0 radical (unpaired) electrons. The molecule has 0 saturated carbocycles. The van der Waals surface area contributed by atoms with Crippen LogP contribution < -0.4 is 0 Å². The summed E-state index contributed by atoms with van der Waals surface area (Å²) in [5, 5.41) is 0. The molecule has 4 nitrogen and oxygen atoms in total. The van der Waals surface area contributed by atoms with E-state index in [2.05, 4.69) is 6.08 Å². The molecular weight excluding hydrogens is 214 g/mol. The largest absolute Gasteiger partial charge is 0.748 e. The predicted molar refractivity (Wildman–Crippen MR) is 60.5 cm³/mol. The molecular formula is C10H21NO3S. The molecule has 0 bridgehead atoms. The molecule has 0 rings (SSSR count). The molecule has 0 unspecified atom stereocenters. The van der Waals surface area contributed by atoms with Gasteiger partial charge >= 0.3 is 0 Å². The number of hydrogen-bond acceptors (Lipinski definition) is 3. The van der Waals surface area contributed by atoms with Gasteiger partial charge in [-0.15, -0.1) is 0 Å². The SMILES string of the molecule is CC(C)=CC[N+](C)(C)CCCS(=O)(=O)[O-]. The van der Waals surface area contributed by atoms with Crippen LogP contribution in [0.15, 0.2) is 11.6 Å². The van der Waals surface area contributed by atoms with Gasteiger partial charge in [0.2, 0.25) is 0 Å². The summed E-state index contributed by atoms with van der Waals surface area (Å²) in [6.07, 6.45) is 2.54. The average Bonchev–Trinajstić information content (AvgIpc) is 1.98. The van der Waals surface area contributed by atoms with Gasteiger partial charge in [0.1, 0.15) is 0 Å². The number of nitrogens with zero attached hydrogens (tertiary/aromatic N) is 1. The Balaban J connectivity index is 4.00. The van der Waals surface area contributed by atoms with Gasteiger partial charge in [-0.2, -0.15) is 0 Å². The summed E-state index contributed by atoms with van der Waals surface area (Å²) < 4.78 is 31.9. The van der Waals surface area contributed by atoms with Crippen molar-refractivity contribution in [1.29, 1.82) is 0 Å². The average molecular weight is 235 g/mol. The van der Waals surface area contributed by atoms with Crippen LogP contribution in [0.5, 0.6) is 0 Å². The Bertz CT molecular complexity index is 314. The highest BCUT2D eigenvalue weighted by Crippen LogP contribution is 2.03. The van der Waals surface area contributed by atoms with E-state index in [1.807, 2.05) is 27.9 Å². The smallest absolute Gasteiger partial charge is 0.0972 e. The summed E-state index contributed by atoms with van der Waals surface area (Å²) in [4.78, 5) is 0. The Morgan fingerprint density at radius 3 is 2.27 bits per heavy atom. The number of allylic oxidation sites excluding steroid dienone is 1. The van der Waals surface area contributed by atoms with Crippen molar-refractivity contribution in [3.05, 3.63) is 11.6 Å². The fourth-order valence-electron chi connectivity index (χ4n) is 1.19. The minimum atomic E-state index is -4.05. The molecule has 0 aromatic heterocycles. The molecule has 90 valence electrons. The summed E-state index contributed by atoms with van der Waals surface area (Å²) >= 11 is 0. The van der Waals surface area contributed by atoms with Crippen LogP contribution in [0.4, 0.5) is 0 Å². The van der Waals surface area contributed by atoms with Crippen LogP contribution in [0.3, 0.4) is 0 Å². The summed E-state index contributed by atoms with van der Waals surface area (Å²) in [5.74, 6) is -0.260. The Labute approximate surface area is 92.9 Å². The maximum Gasteiger partial charge on any atom is 0.0972 e. The van der Waals surface area contributed by atoms with Gasteiger partial charge in [-0.1, -0.05) is 5.57 Å². The van der Waals surface area contributed by atoms with Gasteiger partial charge in [0.05, 0.1) is 37.3 Å². The van der Waals surface area contributed by atoms with Crippen LogP contribution in [0.2, 0.25) is 0 Å². The molecule has 0 spiro atoms. The second-order valence-corrected chi connectivity index (χ2v) is 6.26. The number of likely N-dealkylation sites (N-methyl/N-ethyl adjacent to an activating group) is 1. The van der Waals surface area contributed by atoms with E-state index in [4.69, 9.17) is 0 Å². The van der Waals surface area contributed by atoms with E-state index in [1.165, 1.54) is 5.57 Å². The van der Waals surface area contributed by atoms with E-state index in [0.29, 0.717) is 17.4 Å². The van der Waals surface area contributed by atoms with Gasteiger partial charge in [0.15, 0.2) is 0 Å². The van der Waals surface area contributed by atoms with Crippen molar-refractivity contribution < 1.29 is 17.5 Å². The van der Waals surface area contributed by atoms with Gasteiger partial charge in [-0.05, 0) is 19.9 Å². The third-order valence-corrected chi connectivity index (χ3v) is 2.94. The molecule has 0 fully saturated rings. The Kier molecular flexibility index (Phi) is 5.48. The first-order valence-electron chi connectivity index (χ1n) is 5.01. The molecule has 0 atom stereocenters. The Hall–Kier alpha value is -0.390. The number of quaternary nitrogens is 1. The van der Waals surface area contributed by atoms with E-state index < -0.39 is 10.1 Å². The summed E-state index contributed by atoms with van der Waals surface area (Å²) in [6.45, 7) is 5.62. The highest BCUT2D eigenvalue weighted by Gasteiger charge is 2.13. The lowest BCUT2D eigenvalue weighted by Gasteiger charge is -2.28. The lowest BCUT2D eigenvalue weighted by atomic mass is 10.3. The second kappa shape index (κ2) is 5.63. The molecule has 15 heavy (non-hydrogen) atoms. The van der Waals surface area contributed by atoms with Gasteiger partial charge in [-0.25, -0.2) is 8.42 Å². The second-order valence-electron chi connectivity index (χ2n) is 4.74. The summed E-state index contributed by atoms with van der Waals surface area (Å²) in [6, 6.07) is 0. The van der Waals surface area contributed by atoms with Gasteiger partial charge in [0, 0.05) is 12.2 Å². The van der Waals surface area contributed by atoms with Crippen molar-refractivity contribution in [1.82, 2.24) is 0 Å². The van der Waals surface area contributed by atoms with Gasteiger partial charge < -0.3 is 9.04 Å². The van der Waals surface area contributed by atoms with Crippen LogP contribution in [-0.2, 0) is 10.1 Å². The molecule has 0 aliphatic rings. The maximum absolute atomic E-state index is 10.4. The Morgan fingerprint density at radius 2 is 1.87 bits per heavy atom. The quantitative estimate of drug-likeness (QED) is 0.391. The lowest BCUT2D eigenvalue weighted by molar-refractivity contribution is -0.884. The molecule has 5 heteroatoms. The van der Waals surface area contributed by atoms with Crippen molar-refractivity contribution in [3.8, 4) is 0 Å².